The highest BCUT2D eigenvalue weighted by Gasteiger charge is 2.14. The lowest BCUT2D eigenvalue weighted by atomic mass is 10.2. The quantitative estimate of drug-likeness (QED) is 0.676. The van der Waals surface area contributed by atoms with Crippen molar-refractivity contribution in [2.24, 2.45) is 5.73 Å². The lowest BCUT2D eigenvalue weighted by Gasteiger charge is -2.15. The minimum absolute atomic E-state index is 0. The standard InChI is InChI=1S/C18H23N3O3S.ClH/c1-23-16-4-3-14(21-18(22)15(19)7-10-25-2)11-17(16)24-12-13-5-8-20-9-6-13;/h3-6,8-9,11,15H,7,10,12,19H2,1-2H3,(H,21,22);1H. The Bertz CT molecular complexity index is 689. The molecule has 1 heterocycles. The molecule has 0 radical (unpaired) electrons. The topological polar surface area (TPSA) is 86.5 Å². The number of rotatable bonds is 9. The van der Waals surface area contributed by atoms with Crippen LogP contribution in [0, 0.1) is 0 Å². The number of nitrogens with two attached hydrogens (primary N) is 1. The number of nitrogens with one attached hydrogen (secondary N) is 1. The van der Waals surface area contributed by atoms with E-state index in [2.05, 4.69) is 10.3 Å². The molecule has 1 atom stereocenters. The van der Waals surface area contributed by atoms with Crippen molar-refractivity contribution in [3.63, 3.8) is 0 Å². The van der Waals surface area contributed by atoms with Gasteiger partial charge < -0.3 is 20.5 Å². The van der Waals surface area contributed by atoms with E-state index in [1.807, 2.05) is 18.4 Å². The van der Waals surface area contributed by atoms with Gasteiger partial charge in [0.15, 0.2) is 11.5 Å². The number of carbonyl (C=O) groups excluding carboxylic acids is 1. The van der Waals surface area contributed by atoms with Crippen molar-refractivity contribution < 1.29 is 14.3 Å². The molecule has 0 saturated heterocycles. The van der Waals surface area contributed by atoms with Gasteiger partial charge in [-0.15, -0.1) is 12.4 Å². The van der Waals surface area contributed by atoms with Crippen molar-refractivity contribution >= 4 is 35.8 Å². The maximum atomic E-state index is 12.1. The Hall–Kier alpha value is -1.96. The summed E-state index contributed by atoms with van der Waals surface area (Å²) < 4.78 is 11.1. The van der Waals surface area contributed by atoms with E-state index in [1.165, 1.54) is 0 Å². The van der Waals surface area contributed by atoms with Crippen LogP contribution in [0.4, 0.5) is 5.69 Å². The van der Waals surface area contributed by atoms with Crippen molar-refractivity contribution in [3.05, 3.63) is 48.3 Å². The normalized spacial score (nSPS) is 11.2. The van der Waals surface area contributed by atoms with Gasteiger partial charge in [-0.25, -0.2) is 0 Å². The molecule has 0 aliphatic heterocycles. The fourth-order valence-electron chi connectivity index (χ4n) is 2.12. The number of benzene rings is 1. The number of anilines is 1. The molecule has 26 heavy (non-hydrogen) atoms. The second-order valence-corrected chi connectivity index (χ2v) is 6.37. The highest BCUT2D eigenvalue weighted by Crippen LogP contribution is 2.31. The van der Waals surface area contributed by atoms with Crippen molar-refractivity contribution in [1.29, 1.82) is 0 Å². The van der Waals surface area contributed by atoms with Crippen LogP contribution >= 0.6 is 24.2 Å². The lowest BCUT2D eigenvalue weighted by Crippen LogP contribution is -2.36. The van der Waals surface area contributed by atoms with Gasteiger partial charge >= 0.3 is 0 Å². The summed E-state index contributed by atoms with van der Waals surface area (Å²) >= 11 is 1.66. The van der Waals surface area contributed by atoms with E-state index in [-0.39, 0.29) is 18.3 Å². The van der Waals surface area contributed by atoms with Gasteiger partial charge in [0, 0.05) is 24.1 Å². The maximum Gasteiger partial charge on any atom is 0.241 e. The van der Waals surface area contributed by atoms with Crippen molar-refractivity contribution in [1.82, 2.24) is 4.98 Å². The SMILES string of the molecule is COc1ccc(NC(=O)C(N)CCSC)cc1OCc1ccncc1.Cl. The minimum atomic E-state index is -0.532. The van der Waals surface area contributed by atoms with Crippen LogP contribution in [0.25, 0.3) is 0 Å². The second-order valence-electron chi connectivity index (χ2n) is 5.39. The molecule has 0 bridgehead atoms. The van der Waals surface area contributed by atoms with Crippen LogP contribution < -0.4 is 20.5 Å². The van der Waals surface area contributed by atoms with Crippen LogP contribution in [0.5, 0.6) is 11.5 Å². The molecule has 2 rings (SSSR count). The Kier molecular flexibility index (Phi) is 9.87. The molecular weight excluding hydrogens is 374 g/mol. The van der Waals surface area contributed by atoms with Gasteiger partial charge in [-0.05, 0) is 48.3 Å². The van der Waals surface area contributed by atoms with Gasteiger partial charge in [0.05, 0.1) is 13.2 Å². The van der Waals surface area contributed by atoms with Crippen LogP contribution in [0.3, 0.4) is 0 Å². The van der Waals surface area contributed by atoms with Crippen LogP contribution in [-0.4, -0.2) is 36.1 Å². The van der Waals surface area contributed by atoms with E-state index in [9.17, 15) is 4.79 Å². The van der Waals surface area contributed by atoms with Gasteiger partial charge in [-0.1, -0.05) is 0 Å². The fraction of sp³-hybridized carbons (Fsp3) is 0.333. The molecule has 1 unspecified atom stereocenters. The average molecular weight is 398 g/mol. The van der Waals surface area contributed by atoms with E-state index < -0.39 is 6.04 Å². The summed E-state index contributed by atoms with van der Waals surface area (Å²) in [6.45, 7) is 0.378. The first-order chi connectivity index (χ1) is 12.1. The first-order valence-electron chi connectivity index (χ1n) is 7.89. The Morgan fingerprint density at radius 1 is 1.27 bits per heavy atom. The Morgan fingerprint density at radius 3 is 2.65 bits per heavy atom. The molecule has 0 spiro atoms. The molecular formula is C18H24ClN3O3S. The third-order valence-electron chi connectivity index (χ3n) is 3.54. The number of halogens is 1. The van der Waals surface area contributed by atoms with Crippen molar-refractivity contribution in [3.8, 4) is 11.5 Å². The third kappa shape index (κ3) is 6.74. The zero-order valence-corrected chi connectivity index (χ0v) is 16.4. The predicted molar refractivity (Wildman–Crippen MR) is 108 cm³/mol. The van der Waals surface area contributed by atoms with Gasteiger partial charge in [-0.2, -0.15) is 11.8 Å². The number of thioether (sulfide) groups is 1. The number of carbonyl (C=O) groups is 1. The summed E-state index contributed by atoms with van der Waals surface area (Å²) in [5.41, 5.74) is 7.50. The predicted octanol–water partition coefficient (Wildman–Crippen LogP) is 3.11. The summed E-state index contributed by atoms with van der Waals surface area (Å²) in [4.78, 5) is 16.1. The molecule has 1 amide bonds. The summed E-state index contributed by atoms with van der Waals surface area (Å²) in [5, 5.41) is 2.82. The average Bonchev–Trinajstić information content (AvgIpc) is 2.65. The summed E-state index contributed by atoms with van der Waals surface area (Å²) in [5.74, 6) is 1.78. The molecule has 142 valence electrons. The van der Waals surface area contributed by atoms with Crippen molar-refractivity contribution in [2.45, 2.75) is 19.1 Å². The molecule has 0 saturated carbocycles. The van der Waals surface area contributed by atoms with E-state index >= 15 is 0 Å². The van der Waals surface area contributed by atoms with Crippen molar-refractivity contribution in [2.75, 3.05) is 24.4 Å². The van der Waals surface area contributed by atoms with Gasteiger partial charge in [0.1, 0.15) is 6.61 Å². The summed E-state index contributed by atoms with van der Waals surface area (Å²) in [6.07, 6.45) is 6.04. The number of hydrogen-bond acceptors (Lipinski definition) is 6. The second kappa shape index (κ2) is 11.6. The molecule has 0 aliphatic rings. The molecule has 3 N–H and O–H groups in total. The monoisotopic (exact) mass is 397 g/mol. The van der Waals surface area contributed by atoms with E-state index in [1.54, 1.807) is 49.5 Å². The number of ether oxygens (including phenoxy) is 2. The molecule has 1 aromatic carbocycles. The van der Waals surface area contributed by atoms with Crippen LogP contribution in [-0.2, 0) is 11.4 Å². The van der Waals surface area contributed by atoms with E-state index in [0.29, 0.717) is 30.2 Å². The number of aromatic nitrogens is 1. The van der Waals surface area contributed by atoms with Gasteiger partial charge in [-0.3, -0.25) is 9.78 Å². The highest BCUT2D eigenvalue weighted by molar-refractivity contribution is 7.98. The first kappa shape index (κ1) is 22.1. The van der Waals surface area contributed by atoms with E-state index in [4.69, 9.17) is 15.2 Å². The van der Waals surface area contributed by atoms with Crippen LogP contribution in [0.1, 0.15) is 12.0 Å². The Balaban J connectivity index is 0.00000338. The number of amides is 1. The smallest absolute Gasteiger partial charge is 0.241 e. The zero-order valence-electron chi connectivity index (χ0n) is 14.8. The molecule has 6 nitrogen and oxygen atoms in total. The third-order valence-corrected chi connectivity index (χ3v) is 4.19. The Morgan fingerprint density at radius 2 is 2.00 bits per heavy atom. The molecule has 2 aromatic rings. The largest absolute Gasteiger partial charge is 0.493 e. The zero-order chi connectivity index (χ0) is 18.1. The number of pyridine rings is 1. The first-order valence-corrected chi connectivity index (χ1v) is 9.28. The van der Waals surface area contributed by atoms with Gasteiger partial charge in [0.25, 0.3) is 0 Å². The molecule has 0 fully saturated rings. The molecule has 1 aromatic heterocycles. The van der Waals surface area contributed by atoms with Gasteiger partial charge in [0.2, 0.25) is 5.91 Å². The number of methoxy groups -OCH3 is 1. The highest BCUT2D eigenvalue weighted by atomic mass is 35.5. The fourth-order valence-corrected chi connectivity index (χ4v) is 2.61. The molecule has 0 aliphatic carbocycles. The number of nitrogens with zero attached hydrogens (tertiary/aromatic N) is 1. The number of hydrogen-bond donors (Lipinski definition) is 2. The summed E-state index contributed by atoms with van der Waals surface area (Å²) in [7, 11) is 1.57. The summed E-state index contributed by atoms with van der Waals surface area (Å²) in [6, 6.07) is 8.48. The lowest BCUT2D eigenvalue weighted by molar-refractivity contribution is -0.117. The minimum Gasteiger partial charge on any atom is -0.493 e. The van der Waals surface area contributed by atoms with Crippen LogP contribution in [0.2, 0.25) is 0 Å². The molecule has 8 heteroatoms. The maximum absolute atomic E-state index is 12.1. The van der Waals surface area contributed by atoms with E-state index in [0.717, 1.165) is 11.3 Å². The van der Waals surface area contributed by atoms with Crippen LogP contribution in [0.15, 0.2) is 42.7 Å². The Labute approximate surface area is 164 Å².